The summed E-state index contributed by atoms with van der Waals surface area (Å²) in [5.41, 5.74) is 2.06. The first-order chi connectivity index (χ1) is 9.93. The first-order valence-electron chi connectivity index (χ1n) is 6.70. The maximum absolute atomic E-state index is 4.55. The number of fused-ring (bicyclic) bond motifs is 2. The van der Waals surface area contributed by atoms with E-state index in [4.69, 9.17) is 0 Å². The lowest BCUT2D eigenvalue weighted by Gasteiger charge is -2.12. The molecule has 0 aliphatic rings. The SMILES string of the molecule is c1cc2cccc3c4ncnc5cccc(c(c1)c23)c54. The second-order valence-corrected chi connectivity index (χ2v) is 5.13. The number of aromatic nitrogens is 2. The van der Waals surface area contributed by atoms with Crippen molar-refractivity contribution in [3.8, 4) is 0 Å². The van der Waals surface area contributed by atoms with Crippen LogP contribution in [0.5, 0.6) is 0 Å². The van der Waals surface area contributed by atoms with Crippen LogP contribution in [0.4, 0.5) is 0 Å². The van der Waals surface area contributed by atoms with Crippen LogP contribution in [-0.4, -0.2) is 9.97 Å². The normalized spacial score (nSPS) is 12.0. The molecule has 5 rings (SSSR count). The summed E-state index contributed by atoms with van der Waals surface area (Å²) in [6.07, 6.45) is 1.66. The van der Waals surface area contributed by atoms with E-state index in [0.29, 0.717) is 0 Å². The van der Waals surface area contributed by atoms with Gasteiger partial charge in [-0.2, -0.15) is 0 Å². The van der Waals surface area contributed by atoms with Crippen LogP contribution in [0.1, 0.15) is 0 Å². The van der Waals surface area contributed by atoms with Gasteiger partial charge in [-0.1, -0.05) is 48.5 Å². The summed E-state index contributed by atoms with van der Waals surface area (Å²) in [5.74, 6) is 0. The molecule has 0 unspecified atom stereocenters. The number of hydrogen-bond donors (Lipinski definition) is 0. The van der Waals surface area contributed by atoms with Gasteiger partial charge in [0.1, 0.15) is 6.33 Å². The largest absolute Gasteiger partial charge is 0.236 e. The van der Waals surface area contributed by atoms with E-state index in [1.165, 1.54) is 32.3 Å². The Morgan fingerprint density at radius 2 is 1.30 bits per heavy atom. The maximum atomic E-state index is 4.55. The molecule has 0 bridgehead atoms. The minimum Gasteiger partial charge on any atom is -0.236 e. The third kappa shape index (κ3) is 1.09. The zero-order valence-electron chi connectivity index (χ0n) is 10.7. The molecule has 1 aromatic heterocycles. The summed E-state index contributed by atoms with van der Waals surface area (Å²) in [7, 11) is 0. The molecule has 1 heterocycles. The van der Waals surface area contributed by atoms with Crippen LogP contribution < -0.4 is 0 Å². The summed E-state index contributed by atoms with van der Waals surface area (Å²) in [6, 6.07) is 19.2. The Morgan fingerprint density at radius 3 is 2.15 bits per heavy atom. The van der Waals surface area contributed by atoms with Crippen molar-refractivity contribution in [2.24, 2.45) is 0 Å². The smallest absolute Gasteiger partial charge is 0.116 e. The van der Waals surface area contributed by atoms with E-state index >= 15 is 0 Å². The van der Waals surface area contributed by atoms with Gasteiger partial charge in [-0.05, 0) is 27.6 Å². The average Bonchev–Trinajstić information content (AvgIpc) is 2.52. The van der Waals surface area contributed by atoms with Crippen LogP contribution in [0.3, 0.4) is 0 Å². The van der Waals surface area contributed by atoms with Crippen molar-refractivity contribution in [3.05, 3.63) is 60.9 Å². The average molecular weight is 254 g/mol. The van der Waals surface area contributed by atoms with Crippen LogP contribution in [0.15, 0.2) is 60.9 Å². The Hall–Kier alpha value is -2.74. The van der Waals surface area contributed by atoms with Gasteiger partial charge in [-0.25, -0.2) is 9.97 Å². The molecule has 92 valence electrons. The van der Waals surface area contributed by atoms with Crippen LogP contribution in [-0.2, 0) is 0 Å². The molecule has 0 aliphatic carbocycles. The van der Waals surface area contributed by atoms with E-state index in [9.17, 15) is 0 Å². The molecule has 0 saturated heterocycles. The van der Waals surface area contributed by atoms with Gasteiger partial charge in [0.15, 0.2) is 0 Å². The molecule has 0 atom stereocenters. The highest BCUT2D eigenvalue weighted by Crippen LogP contribution is 2.38. The standard InChI is InChI=1S/C18H10N2/c1-4-11-5-2-8-14-16(11)12(6-1)13-7-3-9-15-17(13)18(14)20-10-19-15/h1-10H. The monoisotopic (exact) mass is 254 g/mol. The minimum atomic E-state index is 1.01. The van der Waals surface area contributed by atoms with Crippen LogP contribution in [0, 0.1) is 0 Å². The second-order valence-electron chi connectivity index (χ2n) is 5.13. The van der Waals surface area contributed by atoms with Crippen molar-refractivity contribution in [3.63, 3.8) is 0 Å². The number of rotatable bonds is 0. The van der Waals surface area contributed by atoms with Crippen LogP contribution in [0.2, 0.25) is 0 Å². The van der Waals surface area contributed by atoms with Crippen molar-refractivity contribution < 1.29 is 0 Å². The van der Waals surface area contributed by atoms with Gasteiger partial charge in [0.05, 0.1) is 11.0 Å². The summed E-state index contributed by atoms with van der Waals surface area (Å²) >= 11 is 0. The Balaban J connectivity index is 2.32. The third-order valence-corrected chi connectivity index (χ3v) is 4.11. The zero-order valence-corrected chi connectivity index (χ0v) is 10.7. The lowest BCUT2D eigenvalue weighted by atomic mass is 9.93. The highest BCUT2D eigenvalue weighted by atomic mass is 14.8. The molecule has 0 spiro atoms. The van der Waals surface area contributed by atoms with Gasteiger partial charge >= 0.3 is 0 Å². The van der Waals surface area contributed by atoms with E-state index < -0.39 is 0 Å². The summed E-state index contributed by atoms with van der Waals surface area (Å²) in [4.78, 5) is 8.96. The van der Waals surface area contributed by atoms with Gasteiger partial charge < -0.3 is 0 Å². The number of hydrogen-bond acceptors (Lipinski definition) is 2. The molecular formula is C18H10N2. The Kier molecular flexibility index (Phi) is 1.73. The number of nitrogens with zero attached hydrogens (tertiary/aromatic N) is 2. The Bertz CT molecular complexity index is 926. The molecule has 20 heavy (non-hydrogen) atoms. The zero-order chi connectivity index (χ0) is 13.1. The Morgan fingerprint density at radius 1 is 0.600 bits per heavy atom. The van der Waals surface area contributed by atoms with Gasteiger partial charge in [0.25, 0.3) is 0 Å². The molecule has 5 aromatic rings. The van der Waals surface area contributed by atoms with Gasteiger partial charge in [0, 0.05) is 10.8 Å². The summed E-state index contributed by atoms with van der Waals surface area (Å²) in [5, 5.41) is 7.47. The van der Waals surface area contributed by atoms with E-state index in [0.717, 1.165) is 11.0 Å². The summed E-state index contributed by atoms with van der Waals surface area (Å²) in [6.45, 7) is 0. The van der Waals surface area contributed by atoms with Crippen LogP contribution in [0.25, 0.3) is 43.4 Å². The molecule has 0 amide bonds. The van der Waals surface area contributed by atoms with Crippen molar-refractivity contribution >= 4 is 43.4 Å². The third-order valence-electron chi connectivity index (χ3n) is 4.11. The fourth-order valence-electron chi connectivity index (χ4n) is 3.30. The first-order valence-corrected chi connectivity index (χ1v) is 6.70. The van der Waals surface area contributed by atoms with E-state index in [1.54, 1.807) is 6.33 Å². The van der Waals surface area contributed by atoms with E-state index in [-0.39, 0.29) is 0 Å². The number of benzene rings is 4. The van der Waals surface area contributed by atoms with Crippen molar-refractivity contribution in [1.82, 2.24) is 9.97 Å². The lowest BCUT2D eigenvalue weighted by Crippen LogP contribution is -1.90. The van der Waals surface area contributed by atoms with Crippen molar-refractivity contribution in [2.45, 2.75) is 0 Å². The predicted octanol–water partition coefficient (Wildman–Crippen LogP) is 4.53. The molecule has 0 aliphatic heterocycles. The lowest BCUT2D eigenvalue weighted by molar-refractivity contribution is 1.27. The topological polar surface area (TPSA) is 25.8 Å². The predicted molar refractivity (Wildman–Crippen MR) is 83.2 cm³/mol. The fourth-order valence-corrected chi connectivity index (χ4v) is 3.30. The molecule has 0 saturated carbocycles. The molecule has 4 aromatic carbocycles. The molecule has 0 N–H and O–H groups in total. The van der Waals surface area contributed by atoms with E-state index in [2.05, 4.69) is 64.6 Å². The summed E-state index contributed by atoms with van der Waals surface area (Å²) < 4.78 is 0. The minimum absolute atomic E-state index is 1.01. The van der Waals surface area contributed by atoms with Gasteiger partial charge in [-0.15, -0.1) is 0 Å². The fraction of sp³-hybridized carbons (Fsp3) is 0. The Labute approximate surface area is 115 Å². The molecule has 2 nitrogen and oxygen atoms in total. The highest BCUT2D eigenvalue weighted by Gasteiger charge is 2.12. The molecule has 2 heteroatoms. The van der Waals surface area contributed by atoms with Crippen molar-refractivity contribution in [2.75, 3.05) is 0 Å². The van der Waals surface area contributed by atoms with Gasteiger partial charge in [-0.3, -0.25) is 0 Å². The van der Waals surface area contributed by atoms with Crippen molar-refractivity contribution in [1.29, 1.82) is 0 Å². The quantitative estimate of drug-likeness (QED) is 0.300. The van der Waals surface area contributed by atoms with Gasteiger partial charge in [0.2, 0.25) is 0 Å². The molecular weight excluding hydrogens is 244 g/mol. The second kappa shape index (κ2) is 3.42. The molecule has 0 fully saturated rings. The molecule has 0 radical (unpaired) electrons. The first kappa shape index (κ1) is 10.1. The maximum Gasteiger partial charge on any atom is 0.116 e. The van der Waals surface area contributed by atoms with E-state index in [1.807, 2.05) is 0 Å². The van der Waals surface area contributed by atoms with Crippen LogP contribution >= 0.6 is 0 Å². The highest BCUT2D eigenvalue weighted by molar-refractivity contribution is 6.31.